The molecule has 1 heterocycles. The summed E-state index contributed by atoms with van der Waals surface area (Å²) in [4.78, 5) is 0. The molecule has 0 aliphatic carbocycles. The van der Waals surface area contributed by atoms with Crippen molar-refractivity contribution >= 4 is 18.7 Å². The highest BCUT2D eigenvalue weighted by Crippen LogP contribution is 2.37. The molecule has 0 spiro atoms. The van der Waals surface area contributed by atoms with Gasteiger partial charge in [0, 0.05) is 13.5 Å². The third-order valence-electron chi connectivity index (χ3n) is 5.33. The van der Waals surface area contributed by atoms with E-state index < -0.39 is 8.32 Å². The molecule has 0 aromatic heterocycles. The zero-order valence-electron chi connectivity index (χ0n) is 16.8. The lowest BCUT2D eigenvalue weighted by atomic mass is 10.1. The largest absolute Gasteiger partial charge is 0.404 e. The Morgan fingerprint density at radius 3 is 1.93 bits per heavy atom. The molecular weight excluding hydrogens is 352 g/mol. The van der Waals surface area contributed by atoms with Crippen LogP contribution in [0.2, 0.25) is 5.04 Å². The number of rotatable bonds is 6. The molecule has 3 nitrogen and oxygen atoms in total. The van der Waals surface area contributed by atoms with E-state index in [1.807, 2.05) is 0 Å². The van der Waals surface area contributed by atoms with Gasteiger partial charge in [0.1, 0.15) is 6.10 Å². The highest BCUT2D eigenvalue weighted by Gasteiger charge is 2.50. The van der Waals surface area contributed by atoms with Crippen LogP contribution in [0.5, 0.6) is 0 Å². The van der Waals surface area contributed by atoms with Crippen LogP contribution in [-0.4, -0.2) is 34.4 Å². The second-order valence-electron chi connectivity index (χ2n) is 8.13. The molecule has 144 valence electrons. The standard InChI is InChI=1S/C23H30O3Si/c1-18-16-22(24-5)26-21(18)17-25-27(23(2,3)4,19-12-8-6-9-13-19)20-14-10-7-11-15-20/h6-15,21-22H,1,16-17H2,2-5H3/t21-,22+/m1/s1. The maximum atomic E-state index is 6.91. The van der Waals surface area contributed by atoms with Crippen molar-refractivity contribution in [2.75, 3.05) is 13.7 Å². The summed E-state index contributed by atoms with van der Waals surface area (Å²) >= 11 is 0. The Bertz CT molecular complexity index is 713. The first-order valence-corrected chi connectivity index (χ1v) is 11.4. The van der Waals surface area contributed by atoms with Crippen molar-refractivity contribution in [1.29, 1.82) is 0 Å². The highest BCUT2D eigenvalue weighted by atomic mass is 28.4. The molecule has 0 unspecified atom stereocenters. The Hall–Kier alpha value is -1.72. The fourth-order valence-electron chi connectivity index (χ4n) is 3.93. The molecule has 1 aliphatic heterocycles. The van der Waals surface area contributed by atoms with Crippen LogP contribution >= 0.6 is 0 Å². The van der Waals surface area contributed by atoms with Gasteiger partial charge in [0.2, 0.25) is 0 Å². The maximum absolute atomic E-state index is 6.91. The first-order chi connectivity index (χ1) is 12.9. The first kappa shape index (κ1) is 20.0. The predicted molar refractivity (Wildman–Crippen MR) is 113 cm³/mol. The third-order valence-corrected chi connectivity index (χ3v) is 10.3. The van der Waals surface area contributed by atoms with Gasteiger partial charge in [-0.1, -0.05) is 88.0 Å². The van der Waals surface area contributed by atoms with Crippen molar-refractivity contribution in [2.24, 2.45) is 0 Å². The summed E-state index contributed by atoms with van der Waals surface area (Å²) in [6.45, 7) is 11.5. The lowest BCUT2D eigenvalue weighted by Gasteiger charge is -2.43. The van der Waals surface area contributed by atoms with Gasteiger partial charge in [-0.25, -0.2) is 0 Å². The summed E-state index contributed by atoms with van der Waals surface area (Å²) in [7, 11) is -0.871. The Morgan fingerprint density at radius 2 is 1.52 bits per heavy atom. The lowest BCUT2D eigenvalue weighted by Crippen LogP contribution is -2.67. The zero-order valence-corrected chi connectivity index (χ0v) is 17.8. The van der Waals surface area contributed by atoms with E-state index in [0.717, 1.165) is 12.0 Å². The van der Waals surface area contributed by atoms with Gasteiger partial charge in [0.15, 0.2) is 6.29 Å². The molecule has 1 saturated heterocycles. The van der Waals surface area contributed by atoms with Crippen LogP contribution in [0.4, 0.5) is 0 Å². The van der Waals surface area contributed by atoms with Crippen molar-refractivity contribution in [2.45, 2.75) is 44.6 Å². The summed E-state index contributed by atoms with van der Waals surface area (Å²) < 4.78 is 18.2. The Morgan fingerprint density at radius 1 is 1.00 bits per heavy atom. The van der Waals surface area contributed by atoms with Gasteiger partial charge in [-0.3, -0.25) is 0 Å². The molecule has 1 aliphatic rings. The smallest absolute Gasteiger partial charge is 0.261 e. The molecule has 0 bridgehead atoms. The Labute approximate surface area is 164 Å². The van der Waals surface area contributed by atoms with Crippen LogP contribution < -0.4 is 10.4 Å². The molecule has 0 N–H and O–H groups in total. The SMILES string of the molecule is C=C1C[C@@H](OC)O[C@@H]1CO[Si](c1ccccc1)(c1ccccc1)C(C)(C)C. The molecule has 3 rings (SSSR count). The van der Waals surface area contributed by atoms with Crippen molar-refractivity contribution in [3.63, 3.8) is 0 Å². The second-order valence-corrected chi connectivity index (χ2v) is 12.4. The summed E-state index contributed by atoms with van der Waals surface area (Å²) in [5.74, 6) is 0. The molecule has 2 aromatic rings. The van der Waals surface area contributed by atoms with Crippen LogP contribution in [0.3, 0.4) is 0 Å². The van der Waals surface area contributed by atoms with E-state index in [-0.39, 0.29) is 17.4 Å². The van der Waals surface area contributed by atoms with Crippen LogP contribution in [0.15, 0.2) is 72.8 Å². The fourth-order valence-corrected chi connectivity index (χ4v) is 8.49. The molecular formula is C23H30O3Si. The van der Waals surface area contributed by atoms with E-state index >= 15 is 0 Å². The van der Waals surface area contributed by atoms with Crippen molar-refractivity contribution in [3.8, 4) is 0 Å². The van der Waals surface area contributed by atoms with Crippen molar-refractivity contribution in [1.82, 2.24) is 0 Å². The quantitative estimate of drug-likeness (QED) is 0.560. The highest BCUT2D eigenvalue weighted by molar-refractivity contribution is 6.99. The van der Waals surface area contributed by atoms with Gasteiger partial charge in [0.05, 0.1) is 6.61 Å². The molecule has 1 fully saturated rings. The minimum atomic E-state index is -2.54. The zero-order chi connectivity index (χ0) is 19.5. The topological polar surface area (TPSA) is 27.7 Å². The minimum absolute atomic E-state index is 0.0453. The van der Waals surface area contributed by atoms with Gasteiger partial charge >= 0.3 is 0 Å². The average molecular weight is 383 g/mol. The normalized spacial score (nSPS) is 20.8. The van der Waals surface area contributed by atoms with Crippen LogP contribution in [-0.2, 0) is 13.9 Å². The van der Waals surface area contributed by atoms with Crippen LogP contribution in [0.1, 0.15) is 27.2 Å². The molecule has 0 amide bonds. The number of hydrogen-bond donors (Lipinski definition) is 0. The Balaban J connectivity index is 2.01. The number of benzene rings is 2. The van der Waals surface area contributed by atoms with Gasteiger partial charge in [-0.15, -0.1) is 0 Å². The van der Waals surface area contributed by atoms with Gasteiger partial charge < -0.3 is 13.9 Å². The average Bonchev–Trinajstić information content (AvgIpc) is 3.03. The number of hydrogen-bond acceptors (Lipinski definition) is 3. The predicted octanol–water partition coefficient (Wildman–Crippen LogP) is 3.88. The van der Waals surface area contributed by atoms with Gasteiger partial charge in [-0.2, -0.15) is 0 Å². The Kier molecular flexibility index (Phi) is 6.01. The molecule has 0 saturated carbocycles. The summed E-state index contributed by atoms with van der Waals surface area (Å²) in [5, 5.41) is 2.50. The van der Waals surface area contributed by atoms with E-state index in [0.29, 0.717) is 6.61 Å². The summed E-state index contributed by atoms with van der Waals surface area (Å²) in [5.41, 5.74) is 1.04. The maximum Gasteiger partial charge on any atom is 0.261 e. The van der Waals surface area contributed by atoms with Gasteiger partial charge in [0.25, 0.3) is 8.32 Å². The number of ether oxygens (including phenoxy) is 2. The monoisotopic (exact) mass is 382 g/mol. The molecule has 2 atom stereocenters. The molecule has 4 heteroatoms. The minimum Gasteiger partial charge on any atom is -0.404 e. The third kappa shape index (κ3) is 3.94. The van der Waals surface area contributed by atoms with Crippen molar-refractivity contribution in [3.05, 3.63) is 72.8 Å². The lowest BCUT2D eigenvalue weighted by molar-refractivity contribution is -0.120. The number of methoxy groups -OCH3 is 1. The molecule has 2 aromatic carbocycles. The van der Waals surface area contributed by atoms with Crippen molar-refractivity contribution < 1.29 is 13.9 Å². The van der Waals surface area contributed by atoms with E-state index in [9.17, 15) is 0 Å². The summed E-state index contributed by atoms with van der Waals surface area (Å²) in [6, 6.07) is 21.3. The first-order valence-electron chi connectivity index (χ1n) is 9.49. The molecule has 0 radical (unpaired) electrons. The second kappa shape index (κ2) is 8.11. The van der Waals surface area contributed by atoms with E-state index in [1.165, 1.54) is 10.4 Å². The van der Waals surface area contributed by atoms with E-state index in [4.69, 9.17) is 13.9 Å². The van der Waals surface area contributed by atoms with E-state index in [1.54, 1.807) is 7.11 Å². The van der Waals surface area contributed by atoms with Crippen LogP contribution in [0, 0.1) is 0 Å². The van der Waals surface area contributed by atoms with Crippen LogP contribution in [0.25, 0.3) is 0 Å². The van der Waals surface area contributed by atoms with Gasteiger partial charge in [-0.05, 0) is 21.0 Å². The van der Waals surface area contributed by atoms with E-state index in [2.05, 4.69) is 88.0 Å². The molecule has 27 heavy (non-hydrogen) atoms. The fraction of sp³-hybridized carbons (Fsp3) is 0.391. The summed E-state index contributed by atoms with van der Waals surface area (Å²) in [6.07, 6.45) is 0.382.